The van der Waals surface area contributed by atoms with Gasteiger partial charge in [0.2, 0.25) is 0 Å². The molecule has 0 aliphatic carbocycles. The Bertz CT molecular complexity index is 465. The highest BCUT2D eigenvalue weighted by atomic mass is 127. The molecule has 0 unspecified atom stereocenters. The Morgan fingerprint density at radius 1 is 1.56 bits per heavy atom. The van der Waals surface area contributed by atoms with Gasteiger partial charge in [0.15, 0.2) is 0 Å². The van der Waals surface area contributed by atoms with Gasteiger partial charge in [0, 0.05) is 18.2 Å². The van der Waals surface area contributed by atoms with Gasteiger partial charge in [-0.3, -0.25) is 4.79 Å². The molecule has 3 N–H and O–H groups in total. The lowest BCUT2D eigenvalue weighted by Gasteiger charge is -2.14. The largest absolute Gasteiger partial charge is 0.573 e. The maximum absolute atomic E-state index is 12.2. The number of carboxylic acids is 1. The summed E-state index contributed by atoms with van der Waals surface area (Å²) in [6.45, 7) is -0.190. The molecule has 1 rings (SSSR count). The summed E-state index contributed by atoms with van der Waals surface area (Å²) in [4.78, 5) is 14.4. The lowest BCUT2D eigenvalue weighted by atomic mass is 10.2. The molecule has 0 spiro atoms. The fraction of sp³-hybridized carbons (Fsp3) is 0.333. The maximum Gasteiger partial charge on any atom is 0.573 e. The molecule has 0 aromatic carbocycles. The minimum atomic E-state index is -4.87. The first-order valence-electron chi connectivity index (χ1n) is 4.59. The second-order valence-corrected chi connectivity index (χ2v) is 4.23. The van der Waals surface area contributed by atoms with E-state index >= 15 is 0 Å². The quantitative estimate of drug-likeness (QED) is 0.617. The Hall–Kier alpha value is -1.10. The number of pyridine rings is 1. The number of rotatable bonds is 4. The average Bonchev–Trinajstić information content (AvgIpc) is 2.13. The van der Waals surface area contributed by atoms with Crippen molar-refractivity contribution in [2.75, 3.05) is 0 Å². The van der Waals surface area contributed by atoms with E-state index in [1.165, 1.54) is 0 Å². The van der Waals surface area contributed by atoms with Crippen molar-refractivity contribution in [2.24, 2.45) is 5.73 Å². The van der Waals surface area contributed by atoms with Crippen molar-refractivity contribution in [2.45, 2.75) is 19.3 Å². The summed E-state index contributed by atoms with van der Waals surface area (Å²) in [7, 11) is 0. The molecule has 0 radical (unpaired) electrons. The first-order valence-corrected chi connectivity index (χ1v) is 5.66. The molecule has 0 aliphatic heterocycles. The molecule has 0 saturated heterocycles. The normalized spacial score (nSPS) is 11.4. The van der Waals surface area contributed by atoms with Gasteiger partial charge in [0.1, 0.15) is 9.45 Å². The van der Waals surface area contributed by atoms with Crippen LogP contribution in [0.4, 0.5) is 13.2 Å². The van der Waals surface area contributed by atoms with Gasteiger partial charge < -0.3 is 15.6 Å². The Balaban J connectivity index is 3.19. The molecular formula is C9H8F3IN2O3. The molecule has 100 valence electrons. The van der Waals surface area contributed by atoms with Crippen LogP contribution in [0.25, 0.3) is 0 Å². The number of nitrogens with two attached hydrogens (primary N) is 1. The average molecular weight is 376 g/mol. The van der Waals surface area contributed by atoms with E-state index in [1.54, 1.807) is 22.6 Å². The second-order valence-electron chi connectivity index (χ2n) is 3.20. The zero-order chi connectivity index (χ0) is 13.9. The lowest BCUT2D eigenvalue weighted by molar-refractivity contribution is -0.275. The number of carbonyl (C=O) groups is 1. The van der Waals surface area contributed by atoms with E-state index in [9.17, 15) is 18.0 Å². The first kappa shape index (κ1) is 15.0. The minimum Gasteiger partial charge on any atom is -0.481 e. The van der Waals surface area contributed by atoms with Crippen LogP contribution in [-0.4, -0.2) is 22.4 Å². The third-order valence-electron chi connectivity index (χ3n) is 1.85. The zero-order valence-electron chi connectivity index (χ0n) is 8.79. The molecule has 1 aromatic heterocycles. The summed E-state index contributed by atoms with van der Waals surface area (Å²) in [5, 5.41) is 8.58. The van der Waals surface area contributed by atoms with Gasteiger partial charge in [0.25, 0.3) is 0 Å². The first-order chi connectivity index (χ1) is 8.23. The minimum absolute atomic E-state index is 0.0247. The van der Waals surface area contributed by atoms with Crippen molar-refractivity contribution in [3.63, 3.8) is 0 Å². The number of nitrogens with zero attached hydrogens (tertiary/aromatic N) is 1. The van der Waals surface area contributed by atoms with E-state index in [-0.39, 0.29) is 21.5 Å². The van der Waals surface area contributed by atoms with Crippen LogP contribution in [0.3, 0.4) is 0 Å². The Morgan fingerprint density at radius 2 is 2.17 bits per heavy atom. The topological polar surface area (TPSA) is 85.4 Å². The highest BCUT2D eigenvalue weighted by Gasteiger charge is 2.32. The van der Waals surface area contributed by atoms with E-state index in [4.69, 9.17) is 10.8 Å². The van der Waals surface area contributed by atoms with Gasteiger partial charge in [-0.15, -0.1) is 13.2 Å². The number of ether oxygens (including phenoxy) is 1. The molecular weight excluding hydrogens is 368 g/mol. The SMILES string of the molecule is NCc1c(OC(F)(F)F)cc(CC(=O)O)nc1I. The molecule has 0 amide bonds. The predicted octanol–water partition coefficient (Wildman–Crippen LogP) is 1.67. The van der Waals surface area contributed by atoms with Gasteiger partial charge in [0.05, 0.1) is 12.1 Å². The van der Waals surface area contributed by atoms with Crippen molar-refractivity contribution in [1.29, 1.82) is 0 Å². The van der Waals surface area contributed by atoms with Gasteiger partial charge in [-0.2, -0.15) is 0 Å². The van der Waals surface area contributed by atoms with Crippen LogP contribution in [0.2, 0.25) is 0 Å². The van der Waals surface area contributed by atoms with Crippen LogP contribution in [-0.2, 0) is 17.8 Å². The van der Waals surface area contributed by atoms with E-state index < -0.39 is 24.5 Å². The third kappa shape index (κ3) is 4.29. The third-order valence-corrected chi connectivity index (χ3v) is 2.74. The molecule has 0 fully saturated rings. The van der Waals surface area contributed by atoms with E-state index in [1.807, 2.05) is 0 Å². The number of hydrogen-bond donors (Lipinski definition) is 2. The molecule has 0 atom stereocenters. The lowest BCUT2D eigenvalue weighted by Crippen LogP contribution is -2.20. The standard InChI is InChI=1S/C9H8F3IN2O3/c10-9(11,12)18-6-1-4(2-7(16)17)15-8(13)5(6)3-14/h1H,2-3,14H2,(H,16,17). The number of aromatic nitrogens is 1. The molecule has 1 aromatic rings. The van der Waals surface area contributed by atoms with E-state index in [2.05, 4.69) is 9.72 Å². The second kappa shape index (κ2) is 5.69. The number of hydrogen-bond acceptors (Lipinski definition) is 4. The number of halogens is 4. The highest BCUT2D eigenvalue weighted by Crippen LogP contribution is 2.29. The Kier molecular flexibility index (Phi) is 4.73. The molecule has 1 heterocycles. The van der Waals surface area contributed by atoms with Crippen LogP contribution in [0.1, 0.15) is 11.3 Å². The van der Waals surface area contributed by atoms with Crippen molar-refractivity contribution in [3.05, 3.63) is 21.0 Å². The Morgan fingerprint density at radius 3 is 2.61 bits per heavy atom. The summed E-state index contributed by atoms with van der Waals surface area (Å²) < 4.78 is 40.5. The molecule has 0 saturated carbocycles. The van der Waals surface area contributed by atoms with Crippen molar-refractivity contribution in [3.8, 4) is 5.75 Å². The van der Waals surface area contributed by atoms with E-state index in [0.29, 0.717) is 0 Å². The van der Waals surface area contributed by atoms with Crippen molar-refractivity contribution >= 4 is 28.6 Å². The van der Waals surface area contributed by atoms with Crippen LogP contribution in [0, 0.1) is 3.70 Å². The van der Waals surface area contributed by atoms with Crippen LogP contribution < -0.4 is 10.5 Å². The summed E-state index contributed by atoms with van der Waals surface area (Å²) in [6.07, 6.45) is -5.36. The number of aliphatic carboxylic acids is 1. The summed E-state index contributed by atoms with van der Waals surface area (Å²) >= 11 is 1.68. The fourth-order valence-corrected chi connectivity index (χ4v) is 2.01. The fourth-order valence-electron chi connectivity index (χ4n) is 1.21. The molecule has 18 heavy (non-hydrogen) atoms. The monoisotopic (exact) mass is 376 g/mol. The van der Waals surface area contributed by atoms with E-state index in [0.717, 1.165) is 6.07 Å². The number of alkyl halides is 3. The van der Waals surface area contributed by atoms with Crippen LogP contribution in [0.5, 0.6) is 5.75 Å². The number of carboxylic acid groups (broad SMARTS) is 1. The van der Waals surface area contributed by atoms with Crippen LogP contribution in [0.15, 0.2) is 6.07 Å². The Labute approximate surface area is 113 Å². The van der Waals surface area contributed by atoms with Gasteiger partial charge in [-0.05, 0) is 22.6 Å². The van der Waals surface area contributed by atoms with Gasteiger partial charge in [-0.1, -0.05) is 0 Å². The van der Waals surface area contributed by atoms with Crippen molar-refractivity contribution in [1.82, 2.24) is 4.98 Å². The molecule has 9 heteroatoms. The summed E-state index contributed by atoms with van der Waals surface area (Å²) in [5.74, 6) is -1.71. The van der Waals surface area contributed by atoms with Gasteiger partial charge >= 0.3 is 12.3 Å². The summed E-state index contributed by atoms with van der Waals surface area (Å²) in [5.41, 5.74) is 5.37. The predicted molar refractivity (Wildman–Crippen MR) is 62.9 cm³/mol. The van der Waals surface area contributed by atoms with Gasteiger partial charge in [-0.25, -0.2) is 4.98 Å². The smallest absolute Gasteiger partial charge is 0.481 e. The molecule has 0 bridgehead atoms. The molecule has 5 nitrogen and oxygen atoms in total. The summed E-state index contributed by atoms with van der Waals surface area (Å²) in [6, 6.07) is 0.936. The van der Waals surface area contributed by atoms with Crippen molar-refractivity contribution < 1.29 is 27.8 Å². The highest BCUT2D eigenvalue weighted by molar-refractivity contribution is 14.1. The van der Waals surface area contributed by atoms with Crippen LogP contribution >= 0.6 is 22.6 Å². The molecule has 0 aliphatic rings. The maximum atomic E-state index is 12.2. The zero-order valence-corrected chi connectivity index (χ0v) is 10.9.